The van der Waals surface area contributed by atoms with Crippen molar-refractivity contribution in [3.05, 3.63) is 10.4 Å². The van der Waals surface area contributed by atoms with Crippen LogP contribution in [0.2, 0.25) is 0 Å². The summed E-state index contributed by atoms with van der Waals surface area (Å²) in [6.45, 7) is 4.76. The summed E-state index contributed by atoms with van der Waals surface area (Å²) in [6.07, 6.45) is 1.71. The molecule has 0 aromatic carbocycles. The van der Waals surface area contributed by atoms with E-state index < -0.39 is 5.97 Å². The molecule has 1 atom stereocenters. The van der Waals surface area contributed by atoms with E-state index in [4.69, 9.17) is 10.5 Å². The molecule has 8 heteroatoms. The van der Waals surface area contributed by atoms with Gasteiger partial charge in [-0.25, -0.2) is 9.97 Å². The van der Waals surface area contributed by atoms with E-state index in [0.717, 1.165) is 39.7 Å². The quantitative estimate of drug-likeness (QED) is 0.663. The minimum absolute atomic E-state index is 0.185. The van der Waals surface area contributed by atoms with E-state index in [-0.39, 0.29) is 11.4 Å². The number of ether oxygens (including phenoxy) is 1. The van der Waals surface area contributed by atoms with Crippen LogP contribution in [-0.4, -0.2) is 27.3 Å². The van der Waals surface area contributed by atoms with Crippen LogP contribution in [0.5, 0.6) is 0 Å². The lowest BCUT2D eigenvalue weighted by Gasteiger charge is -2.33. The molecule has 6 nitrogen and oxygen atoms in total. The molecule has 118 valence electrons. The highest BCUT2D eigenvalue weighted by molar-refractivity contribution is 7.99. The molecule has 0 fully saturated rings. The van der Waals surface area contributed by atoms with Crippen molar-refractivity contribution in [2.45, 2.75) is 44.1 Å². The van der Waals surface area contributed by atoms with Crippen molar-refractivity contribution < 1.29 is 14.6 Å². The molecule has 2 aromatic rings. The number of thioether (sulfide) groups is 1. The molecule has 0 saturated heterocycles. The van der Waals surface area contributed by atoms with E-state index in [0.29, 0.717) is 17.6 Å². The van der Waals surface area contributed by atoms with Crippen molar-refractivity contribution in [1.29, 1.82) is 0 Å². The minimum Gasteiger partial charge on any atom is -0.549 e. The molecule has 2 N–H and O–H groups in total. The number of fused-ring (bicyclic) bond motifs is 3. The summed E-state index contributed by atoms with van der Waals surface area (Å²) in [6, 6.07) is 0. The molecule has 0 aliphatic carbocycles. The lowest BCUT2D eigenvalue weighted by molar-refractivity contribution is -0.301. The Morgan fingerprint density at radius 2 is 2.32 bits per heavy atom. The number of carboxylic acids is 1. The summed E-state index contributed by atoms with van der Waals surface area (Å²) < 4.78 is 5.95. The number of carboxylic acid groups (broad SMARTS) is 1. The summed E-state index contributed by atoms with van der Waals surface area (Å²) >= 11 is 2.56. The Hall–Kier alpha value is -1.38. The highest BCUT2D eigenvalue weighted by Gasteiger charge is 2.32. The molecule has 22 heavy (non-hydrogen) atoms. The second kappa shape index (κ2) is 5.68. The molecule has 2 aromatic heterocycles. The molecule has 0 amide bonds. The van der Waals surface area contributed by atoms with Crippen molar-refractivity contribution in [3.8, 4) is 0 Å². The molecule has 0 spiro atoms. The Kier molecular flexibility index (Phi) is 4.00. The van der Waals surface area contributed by atoms with Crippen LogP contribution in [0.3, 0.4) is 0 Å². The Balaban J connectivity index is 2.02. The number of nitrogens with zero attached hydrogens (tertiary/aromatic N) is 2. The lowest BCUT2D eigenvalue weighted by atomic mass is 9.90. The monoisotopic (exact) mass is 338 g/mol. The van der Waals surface area contributed by atoms with E-state index in [2.05, 4.69) is 23.8 Å². The van der Waals surface area contributed by atoms with E-state index in [9.17, 15) is 9.90 Å². The molecule has 0 bridgehead atoms. The van der Waals surface area contributed by atoms with Crippen molar-refractivity contribution >= 4 is 45.1 Å². The number of hydrogen-bond donors (Lipinski definition) is 1. The van der Waals surface area contributed by atoms with Gasteiger partial charge in [0.15, 0.2) is 5.16 Å². The number of thiophene rings is 1. The number of rotatable bonds is 4. The first-order valence-electron chi connectivity index (χ1n) is 6.96. The van der Waals surface area contributed by atoms with Crippen molar-refractivity contribution in [2.75, 3.05) is 11.5 Å². The van der Waals surface area contributed by atoms with Crippen LogP contribution in [0, 0.1) is 0 Å². The maximum Gasteiger partial charge on any atom is 0.191 e. The zero-order valence-corrected chi connectivity index (χ0v) is 14.0. The molecule has 1 aliphatic rings. The number of anilines is 1. The van der Waals surface area contributed by atoms with E-state index in [1.54, 1.807) is 11.3 Å². The fraction of sp³-hybridized carbons (Fsp3) is 0.500. The SMILES string of the molecule is CC[C@]1(C)Cc2c(sc3nc(SCC(=O)[O-])nc(N)c23)CO1. The number of carbonyl (C=O) groups is 1. The molecule has 1 aliphatic heterocycles. The molecular weight excluding hydrogens is 322 g/mol. The van der Waals surface area contributed by atoms with Gasteiger partial charge in [-0.2, -0.15) is 0 Å². The maximum atomic E-state index is 10.6. The van der Waals surface area contributed by atoms with Gasteiger partial charge in [0.05, 0.1) is 23.6 Å². The van der Waals surface area contributed by atoms with Crippen LogP contribution in [-0.2, 0) is 22.6 Å². The number of aromatic nitrogens is 2. The van der Waals surface area contributed by atoms with E-state index in [1.165, 1.54) is 5.56 Å². The fourth-order valence-corrected chi connectivity index (χ4v) is 4.23. The number of nitrogen functional groups attached to an aromatic ring is 1. The zero-order valence-electron chi connectivity index (χ0n) is 12.3. The number of carbonyl (C=O) groups excluding carboxylic acids is 1. The number of nitrogens with two attached hydrogens (primary N) is 1. The van der Waals surface area contributed by atoms with Gasteiger partial charge in [0.1, 0.15) is 10.6 Å². The highest BCUT2D eigenvalue weighted by atomic mass is 32.2. The average Bonchev–Trinajstić information content (AvgIpc) is 2.83. The zero-order chi connectivity index (χ0) is 15.9. The van der Waals surface area contributed by atoms with Gasteiger partial charge in [-0.15, -0.1) is 11.3 Å². The predicted molar refractivity (Wildman–Crippen MR) is 84.7 cm³/mol. The van der Waals surface area contributed by atoms with Crippen LogP contribution in [0.15, 0.2) is 5.16 Å². The van der Waals surface area contributed by atoms with Crippen LogP contribution < -0.4 is 10.8 Å². The van der Waals surface area contributed by atoms with Crippen LogP contribution in [0.1, 0.15) is 30.7 Å². The van der Waals surface area contributed by atoms with E-state index in [1.807, 2.05) is 0 Å². The van der Waals surface area contributed by atoms with Gasteiger partial charge in [-0.1, -0.05) is 18.7 Å². The highest BCUT2D eigenvalue weighted by Crippen LogP contribution is 2.41. The second-order valence-electron chi connectivity index (χ2n) is 5.50. The third-order valence-electron chi connectivity index (χ3n) is 3.91. The number of hydrogen-bond acceptors (Lipinski definition) is 8. The van der Waals surface area contributed by atoms with Crippen molar-refractivity contribution in [1.82, 2.24) is 9.97 Å². The Morgan fingerprint density at radius 3 is 3.00 bits per heavy atom. The Bertz CT molecular complexity index is 746. The molecule has 0 radical (unpaired) electrons. The normalized spacial score (nSPS) is 21.0. The summed E-state index contributed by atoms with van der Waals surface area (Å²) in [7, 11) is 0. The van der Waals surface area contributed by atoms with Crippen LogP contribution in [0.4, 0.5) is 5.82 Å². The molecule has 0 unspecified atom stereocenters. The van der Waals surface area contributed by atoms with Gasteiger partial charge in [0, 0.05) is 17.1 Å². The van der Waals surface area contributed by atoms with Crippen molar-refractivity contribution in [3.63, 3.8) is 0 Å². The minimum atomic E-state index is -1.15. The third-order valence-corrected chi connectivity index (χ3v) is 5.83. The van der Waals surface area contributed by atoms with Gasteiger partial charge in [-0.3, -0.25) is 0 Å². The van der Waals surface area contributed by atoms with Gasteiger partial charge < -0.3 is 20.4 Å². The first-order valence-corrected chi connectivity index (χ1v) is 8.76. The maximum absolute atomic E-state index is 10.6. The smallest absolute Gasteiger partial charge is 0.191 e. The van der Waals surface area contributed by atoms with Gasteiger partial charge in [-0.05, 0) is 18.9 Å². The Morgan fingerprint density at radius 1 is 1.55 bits per heavy atom. The van der Waals surface area contributed by atoms with Gasteiger partial charge in [0.2, 0.25) is 0 Å². The summed E-state index contributed by atoms with van der Waals surface area (Å²) in [5, 5.41) is 11.8. The molecular formula is C14H16N3O3S2-. The summed E-state index contributed by atoms with van der Waals surface area (Å²) in [5.74, 6) is -0.930. The van der Waals surface area contributed by atoms with Gasteiger partial charge >= 0.3 is 0 Å². The van der Waals surface area contributed by atoms with Gasteiger partial charge in [0.25, 0.3) is 0 Å². The first-order chi connectivity index (χ1) is 10.4. The predicted octanol–water partition coefficient (Wildman–Crippen LogP) is 1.36. The molecule has 3 rings (SSSR count). The third kappa shape index (κ3) is 2.78. The largest absolute Gasteiger partial charge is 0.549 e. The molecule has 3 heterocycles. The van der Waals surface area contributed by atoms with Crippen LogP contribution >= 0.6 is 23.1 Å². The average molecular weight is 338 g/mol. The van der Waals surface area contributed by atoms with E-state index >= 15 is 0 Å². The van der Waals surface area contributed by atoms with Crippen molar-refractivity contribution in [2.24, 2.45) is 0 Å². The first kappa shape index (κ1) is 15.5. The number of aliphatic carboxylic acids is 1. The fourth-order valence-electron chi connectivity index (χ4n) is 2.49. The summed E-state index contributed by atoms with van der Waals surface area (Å²) in [4.78, 5) is 21.1. The molecule has 0 saturated carbocycles. The lowest BCUT2D eigenvalue weighted by Crippen LogP contribution is -2.33. The summed E-state index contributed by atoms with van der Waals surface area (Å²) in [5.41, 5.74) is 7.09. The van der Waals surface area contributed by atoms with Crippen LogP contribution in [0.25, 0.3) is 10.2 Å². The Labute approximate surface area is 136 Å². The second-order valence-corrected chi connectivity index (χ2v) is 7.53. The topological polar surface area (TPSA) is 101 Å². The standard InChI is InChI=1S/C14H17N3O3S2/c1-3-14(2)4-7-8(5-20-14)22-12-10(7)11(15)16-13(17-12)21-6-9(18)19/h3-6H2,1-2H3,(H,18,19)(H2,15,16,17)/p-1/t14-/m1/s1.